The molecule has 0 radical (unpaired) electrons. The van der Waals surface area contributed by atoms with E-state index in [4.69, 9.17) is 4.74 Å². The summed E-state index contributed by atoms with van der Waals surface area (Å²) in [6.45, 7) is 1.26. The minimum absolute atomic E-state index is 0.0639. The molecule has 1 atom stereocenters. The van der Waals surface area contributed by atoms with Crippen molar-refractivity contribution in [1.82, 2.24) is 4.90 Å². The first kappa shape index (κ1) is 12.9. The fraction of sp³-hybridized carbons (Fsp3) is 0.312. The van der Waals surface area contributed by atoms with E-state index in [1.54, 1.807) is 18.1 Å². The lowest BCUT2D eigenvalue weighted by Gasteiger charge is -2.17. The molecule has 1 saturated heterocycles. The molecule has 1 aliphatic heterocycles. The van der Waals surface area contributed by atoms with Gasteiger partial charge in [-0.2, -0.15) is 0 Å². The van der Waals surface area contributed by atoms with Gasteiger partial charge in [0.2, 0.25) is 0 Å². The number of fused-ring (bicyclic) bond motifs is 1. The monoisotopic (exact) mass is 271 g/mol. The van der Waals surface area contributed by atoms with E-state index in [0.717, 1.165) is 11.8 Å². The predicted octanol–water partition coefficient (Wildman–Crippen LogP) is 2.41. The van der Waals surface area contributed by atoms with Crippen LogP contribution in [0.4, 0.5) is 0 Å². The fourth-order valence-corrected chi connectivity index (χ4v) is 2.70. The first-order valence-corrected chi connectivity index (χ1v) is 6.73. The third-order valence-corrected chi connectivity index (χ3v) is 3.90. The number of nitrogens with zero attached hydrogens (tertiary/aromatic N) is 1. The highest BCUT2D eigenvalue weighted by atomic mass is 16.5. The zero-order valence-electron chi connectivity index (χ0n) is 11.4. The summed E-state index contributed by atoms with van der Waals surface area (Å²) in [6.07, 6.45) is 0.942. The number of phenols is 1. The number of likely N-dealkylation sites (tertiary alicyclic amines) is 1. The summed E-state index contributed by atoms with van der Waals surface area (Å²) in [7, 11) is 1.66. The molecule has 104 valence electrons. The molecule has 4 heteroatoms. The van der Waals surface area contributed by atoms with Crippen LogP contribution >= 0.6 is 0 Å². The van der Waals surface area contributed by atoms with E-state index in [1.165, 1.54) is 0 Å². The Balaban J connectivity index is 1.94. The van der Waals surface area contributed by atoms with Crippen LogP contribution in [0.15, 0.2) is 36.4 Å². The Morgan fingerprint density at radius 1 is 1.30 bits per heavy atom. The molecule has 1 heterocycles. The van der Waals surface area contributed by atoms with E-state index in [1.807, 2.05) is 30.3 Å². The number of carbonyl (C=O) groups is 1. The molecule has 0 saturated carbocycles. The number of ether oxygens (including phenoxy) is 1. The fourth-order valence-electron chi connectivity index (χ4n) is 2.70. The van der Waals surface area contributed by atoms with Crippen molar-refractivity contribution in [3.63, 3.8) is 0 Å². The Morgan fingerprint density at radius 3 is 2.85 bits per heavy atom. The number of amides is 1. The van der Waals surface area contributed by atoms with Crippen molar-refractivity contribution < 1.29 is 14.6 Å². The maximum absolute atomic E-state index is 12.5. The predicted molar refractivity (Wildman–Crippen MR) is 76.9 cm³/mol. The van der Waals surface area contributed by atoms with Crippen LogP contribution < -0.4 is 0 Å². The lowest BCUT2D eigenvalue weighted by molar-refractivity contribution is 0.0721. The van der Waals surface area contributed by atoms with Crippen LogP contribution in [0.25, 0.3) is 10.8 Å². The molecule has 0 aromatic heterocycles. The number of aromatic hydroxyl groups is 1. The molecule has 0 bridgehead atoms. The molecule has 0 spiro atoms. The molecule has 1 N–H and O–H groups in total. The highest BCUT2D eigenvalue weighted by molar-refractivity contribution is 6.03. The van der Waals surface area contributed by atoms with Crippen LogP contribution in [0.1, 0.15) is 16.8 Å². The van der Waals surface area contributed by atoms with Gasteiger partial charge in [0, 0.05) is 25.6 Å². The van der Waals surface area contributed by atoms with Crippen molar-refractivity contribution in [1.29, 1.82) is 0 Å². The van der Waals surface area contributed by atoms with Crippen LogP contribution in [-0.2, 0) is 4.74 Å². The Morgan fingerprint density at radius 2 is 2.10 bits per heavy atom. The third kappa shape index (κ3) is 2.12. The molecule has 2 aromatic rings. The number of methoxy groups -OCH3 is 1. The standard InChI is InChI=1S/C16H17NO3/c1-20-12-8-9-17(10-12)16(19)14-7-6-11-4-2-3-5-13(11)15(14)18/h2-7,12,18H,8-10H2,1H3. The molecular formula is C16H17NO3. The number of benzene rings is 2. The van der Waals surface area contributed by atoms with Gasteiger partial charge in [-0.25, -0.2) is 0 Å². The molecular weight excluding hydrogens is 254 g/mol. The highest BCUT2D eigenvalue weighted by Gasteiger charge is 2.28. The van der Waals surface area contributed by atoms with E-state index in [9.17, 15) is 9.90 Å². The second kappa shape index (κ2) is 5.13. The Labute approximate surface area is 117 Å². The van der Waals surface area contributed by atoms with Gasteiger partial charge in [-0.15, -0.1) is 0 Å². The molecule has 3 rings (SSSR count). The number of hydrogen-bond donors (Lipinski definition) is 1. The van der Waals surface area contributed by atoms with Gasteiger partial charge in [0.15, 0.2) is 0 Å². The van der Waals surface area contributed by atoms with Gasteiger partial charge in [0.05, 0.1) is 11.7 Å². The summed E-state index contributed by atoms with van der Waals surface area (Å²) >= 11 is 0. The van der Waals surface area contributed by atoms with Gasteiger partial charge >= 0.3 is 0 Å². The van der Waals surface area contributed by atoms with Gasteiger partial charge in [-0.3, -0.25) is 4.79 Å². The molecule has 20 heavy (non-hydrogen) atoms. The molecule has 1 amide bonds. The summed E-state index contributed by atoms with van der Waals surface area (Å²) in [6, 6.07) is 11.1. The van der Waals surface area contributed by atoms with E-state index in [2.05, 4.69) is 0 Å². The Kier molecular flexibility index (Phi) is 3.32. The van der Waals surface area contributed by atoms with Crippen LogP contribution in [0, 0.1) is 0 Å². The Hall–Kier alpha value is -2.07. The Bertz CT molecular complexity index is 653. The van der Waals surface area contributed by atoms with Crippen LogP contribution in [0.2, 0.25) is 0 Å². The average Bonchev–Trinajstić information content (AvgIpc) is 2.96. The van der Waals surface area contributed by atoms with Crippen molar-refractivity contribution in [3.8, 4) is 5.75 Å². The summed E-state index contributed by atoms with van der Waals surface area (Å²) in [5, 5.41) is 12.0. The summed E-state index contributed by atoms with van der Waals surface area (Å²) < 4.78 is 5.27. The molecule has 2 aromatic carbocycles. The van der Waals surface area contributed by atoms with Crippen molar-refractivity contribution in [3.05, 3.63) is 42.0 Å². The van der Waals surface area contributed by atoms with Gasteiger partial charge in [-0.05, 0) is 17.9 Å². The third-order valence-electron chi connectivity index (χ3n) is 3.90. The number of phenolic OH excluding ortho intramolecular Hbond substituents is 1. The van der Waals surface area contributed by atoms with Gasteiger partial charge < -0.3 is 14.7 Å². The molecule has 1 unspecified atom stereocenters. The van der Waals surface area contributed by atoms with Crippen molar-refractivity contribution in [2.45, 2.75) is 12.5 Å². The average molecular weight is 271 g/mol. The van der Waals surface area contributed by atoms with Crippen molar-refractivity contribution >= 4 is 16.7 Å². The number of carbonyl (C=O) groups excluding carboxylic acids is 1. The zero-order valence-corrected chi connectivity index (χ0v) is 11.4. The van der Waals surface area contributed by atoms with Crippen LogP contribution in [0.3, 0.4) is 0 Å². The van der Waals surface area contributed by atoms with E-state index < -0.39 is 0 Å². The maximum atomic E-state index is 12.5. The lowest BCUT2D eigenvalue weighted by atomic mass is 10.0. The SMILES string of the molecule is COC1CCN(C(=O)c2ccc3ccccc3c2O)C1. The lowest BCUT2D eigenvalue weighted by Crippen LogP contribution is -2.30. The van der Waals surface area contributed by atoms with Gasteiger partial charge in [0.1, 0.15) is 5.75 Å². The first-order chi connectivity index (χ1) is 9.70. The minimum atomic E-state index is -0.132. The largest absolute Gasteiger partial charge is 0.506 e. The normalized spacial score (nSPS) is 18.6. The van der Waals surface area contributed by atoms with Crippen molar-refractivity contribution in [2.24, 2.45) is 0 Å². The van der Waals surface area contributed by atoms with Crippen LogP contribution in [0.5, 0.6) is 5.75 Å². The van der Waals surface area contributed by atoms with E-state index in [0.29, 0.717) is 24.0 Å². The second-order valence-corrected chi connectivity index (χ2v) is 5.08. The van der Waals surface area contributed by atoms with Gasteiger partial charge in [-0.1, -0.05) is 30.3 Å². The number of hydrogen-bond acceptors (Lipinski definition) is 3. The van der Waals surface area contributed by atoms with Crippen molar-refractivity contribution in [2.75, 3.05) is 20.2 Å². The quantitative estimate of drug-likeness (QED) is 0.912. The highest BCUT2D eigenvalue weighted by Crippen LogP contribution is 2.30. The molecule has 1 aliphatic rings. The zero-order chi connectivity index (χ0) is 14.1. The summed E-state index contributed by atoms with van der Waals surface area (Å²) in [5.41, 5.74) is 0.362. The summed E-state index contributed by atoms with van der Waals surface area (Å²) in [4.78, 5) is 14.2. The minimum Gasteiger partial charge on any atom is -0.506 e. The summed E-state index contributed by atoms with van der Waals surface area (Å²) in [5.74, 6) is -0.0678. The second-order valence-electron chi connectivity index (χ2n) is 5.08. The van der Waals surface area contributed by atoms with E-state index >= 15 is 0 Å². The molecule has 0 aliphatic carbocycles. The topological polar surface area (TPSA) is 49.8 Å². The maximum Gasteiger partial charge on any atom is 0.257 e. The van der Waals surface area contributed by atoms with Gasteiger partial charge in [0.25, 0.3) is 5.91 Å². The smallest absolute Gasteiger partial charge is 0.257 e. The molecule has 1 fully saturated rings. The number of rotatable bonds is 2. The van der Waals surface area contributed by atoms with E-state index in [-0.39, 0.29) is 17.8 Å². The van der Waals surface area contributed by atoms with Crippen LogP contribution in [-0.4, -0.2) is 42.2 Å². The molecule has 4 nitrogen and oxygen atoms in total. The first-order valence-electron chi connectivity index (χ1n) is 6.73.